The van der Waals surface area contributed by atoms with Crippen molar-refractivity contribution in [2.24, 2.45) is 0 Å². The Kier molecular flexibility index (Phi) is 7.30. The van der Waals surface area contributed by atoms with Crippen LogP contribution in [-0.2, 0) is 22.7 Å². The van der Waals surface area contributed by atoms with Gasteiger partial charge in [-0.25, -0.2) is 4.68 Å². The number of H-pyrrole nitrogens is 1. The minimum atomic E-state index is -1.06. The Morgan fingerprint density at radius 1 is 0.905 bits per heavy atom. The van der Waals surface area contributed by atoms with Crippen molar-refractivity contribution in [1.29, 1.82) is 0 Å². The second-order valence-corrected chi connectivity index (χ2v) is 10.0. The van der Waals surface area contributed by atoms with Gasteiger partial charge in [-0.1, -0.05) is 78.0 Å². The van der Waals surface area contributed by atoms with Crippen LogP contribution in [0.2, 0.25) is 0 Å². The molecule has 0 radical (unpaired) electrons. The molecule has 42 heavy (non-hydrogen) atoms. The summed E-state index contributed by atoms with van der Waals surface area (Å²) in [6, 6.07) is 30.3. The fourth-order valence-electron chi connectivity index (χ4n) is 5.15. The van der Waals surface area contributed by atoms with Crippen molar-refractivity contribution in [3.05, 3.63) is 126 Å². The molecule has 0 bridgehead atoms. The third-order valence-electron chi connectivity index (χ3n) is 7.24. The number of para-hydroxylation sites is 2. The lowest BCUT2D eigenvalue weighted by molar-refractivity contribution is -0.127. The van der Waals surface area contributed by atoms with Gasteiger partial charge in [0.2, 0.25) is 11.8 Å². The molecule has 0 saturated heterocycles. The van der Waals surface area contributed by atoms with Gasteiger partial charge in [0.25, 0.3) is 0 Å². The van der Waals surface area contributed by atoms with E-state index in [0.29, 0.717) is 27.8 Å². The maximum Gasteiger partial charge on any atom is 0.249 e. The Labute approximate surface area is 241 Å². The van der Waals surface area contributed by atoms with Crippen molar-refractivity contribution in [2.45, 2.75) is 26.1 Å². The highest BCUT2D eigenvalue weighted by atomic mass is 16.2. The van der Waals surface area contributed by atoms with Gasteiger partial charge in [-0.2, -0.15) is 0 Å². The predicted octanol–water partition coefficient (Wildman–Crippen LogP) is 5.21. The zero-order valence-electron chi connectivity index (χ0n) is 22.9. The van der Waals surface area contributed by atoms with Gasteiger partial charge in [-0.15, -0.1) is 5.10 Å². The molecule has 0 unspecified atom stereocenters. The number of hydrogen-bond acceptors (Lipinski definition) is 5. The maximum atomic E-state index is 14.3. The molecule has 6 rings (SSSR count). The summed E-state index contributed by atoms with van der Waals surface area (Å²) in [7, 11) is 0. The number of carbonyl (C=O) groups excluding carboxylic acids is 3. The largest absolute Gasteiger partial charge is 0.361 e. The highest BCUT2D eigenvalue weighted by molar-refractivity contribution is 6.05. The summed E-state index contributed by atoms with van der Waals surface area (Å²) >= 11 is 0. The molecule has 2 heterocycles. The fourth-order valence-corrected chi connectivity index (χ4v) is 5.15. The molecule has 0 aliphatic rings. The molecular formula is C33H28N6O3. The van der Waals surface area contributed by atoms with Crippen LogP contribution in [0, 0.1) is 0 Å². The van der Waals surface area contributed by atoms with E-state index in [0.717, 1.165) is 16.5 Å². The molecule has 2 amide bonds. The Bertz CT molecular complexity index is 1910. The molecule has 9 heteroatoms. The summed E-state index contributed by atoms with van der Waals surface area (Å²) in [6.07, 6.45) is 1.76. The zero-order chi connectivity index (χ0) is 29.1. The third-order valence-corrected chi connectivity index (χ3v) is 7.24. The van der Waals surface area contributed by atoms with Crippen molar-refractivity contribution in [3.63, 3.8) is 0 Å². The average molecular weight is 557 g/mol. The molecule has 208 valence electrons. The number of aromatic amines is 1. The van der Waals surface area contributed by atoms with E-state index in [4.69, 9.17) is 0 Å². The number of Topliss-reactive ketones (excluding diaryl/α,β-unsaturated/α-hetero) is 1. The smallest absolute Gasteiger partial charge is 0.249 e. The van der Waals surface area contributed by atoms with Gasteiger partial charge in [0.15, 0.2) is 5.78 Å². The van der Waals surface area contributed by atoms with E-state index in [1.807, 2.05) is 78.9 Å². The monoisotopic (exact) mass is 556 g/mol. The third kappa shape index (κ3) is 5.27. The van der Waals surface area contributed by atoms with E-state index in [2.05, 4.69) is 20.6 Å². The SMILES string of the molecule is CC(=O)c1cccc(N(C(=O)Cn2nnc3ccccc32)[C@@H](C(=O)NCc2ccccc2)c2c[nH]c3ccccc23)c1. The Balaban J connectivity index is 1.47. The summed E-state index contributed by atoms with van der Waals surface area (Å²) in [4.78, 5) is 45.6. The van der Waals surface area contributed by atoms with Crippen molar-refractivity contribution >= 4 is 45.2 Å². The normalized spacial score (nSPS) is 11.8. The number of benzene rings is 4. The van der Waals surface area contributed by atoms with Crippen LogP contribution in [0.5, 0.6) is 0 Å². The molecule has 0 aliphatic carbocycles. The predicted molar refractivity (Wildman–Crippen MR) is 161 cm³/mol. The number of carbonyl (C=O) groups is 3. The number of nitrogens with zero attached hydrogens (tertiary/aromatic N) is 4. The molecular weight excluding hydrogens is 528 g/mol. The van der Waals surface area contributed by atoms with Crippen molar-refractivity contribution < 1.29 is 14.4 Å². The summed E-state index contributed by atoms with van der Waals surface area (Å²) < 4.78 is 1.52. The number of ketones is 1. The minimum Gasteiger partial charge on any atom is -0.361 e. The zero-order valence-corrected chi connectivity index (χ0v) is 22.9. The first-order chi connectivity index (χ1) is 20.5. The van der Waals surface area contributed by atoms with Crippen LogP contribution in [0.4, 0.5) is 5.69 Å². The van der Waals surface area contributed by atoms with E-state index < -0.39 is 11.9 Å². The molecule has 4 aromatic carbocycles. The number of amides is 2. The van der Waals surface area contributed by atoms with Crippen LogP contribution in [0.3, 0.4) is 0 Å². The number of hydrogen-bond donors (Lipinski definition) is 2. The molecule has 1 atom stereocenters. The standard InChI is InChI=1S/C33H28N6O3/c1-22(40)24-12-9-13-25(18-24)39(31(41)21-38-30-17-8-7-16-29(30)36-37-38)32(27-20-34-28-15-6-5-14-26(27)28)33(42)35-19-23-10-3-2-4-11-23/h2-18,20,32,34H,19,21H2,1H3,(H,35,42)/t32-/m1/s1. The topological polar surface area (TPSA) is 113 Å². The molecule has 2 aromatic heterocycles. The quantitative estimate of drug-likeness (QED) is 0.238. The van der Waals surface area contributed by atoms with Gasteiger partial charge in [0.1, 0.15) is 18.1 Å². The molecule has 9 nitrogen and oxygen atoms in total. The summed E-state index contributed by atoms with van der Waals surface area (Å²) in [5, 5.41) is 12.2. The van der Waals surface area contributed by atoms with E-state index in [-0.39, 0.29) is 24.8 Å². The van der Waals surface area contributed by atoms with E-state index in [1.165, 1.54) is 16.5 Å². The summed E-state index contributed by atoms with van der Waals surface area (Å²) in [6.45, 7) is 1.58. The minimum absolute atomic E-state index is 0.149. The van der Waals surface area contributed by atoms with Crippen LogP contribution in [0.1, 0.15) is 34.5 Å². The lowest BCUT2D eigenvalue weighted by Gasteiger charge is -2.31. The summed E-state index contributed by atoms with van der Waals surface area (Å²) in [5.74, 6) is -0.908. The Hall–Kier alpha value is -5.57. The van der Waals surface area contributed by atoms with Crippen molar-refractivity contribution in [2.75, 3.05) is 4.90 Å². The lowest BCUT2D eigenvalue weighted by atomic mass is 10.0. The second-order valence-electron chi connectivity index (χ2n) is 10.0. The molecule has 0 aliphatic heterocycles. The van der Waals surface area contributed by atoms with Crippen LogP contribution < -0.4 is 10.2 Å². The molecule has 0 spiro atoms. The van der Waals surface area contributed by atoms with Crippen LogP contribution in [0.25, 0.3) is 21.9 Å². The fraction of sp³-hybridized carbons (Fsp3) is 0.121. The number of rotatable bonds is 9. The van der Waals surface area contributed by atoms with Crippen LogP contribution >= 0.6 is 0 Å². The van der Waals surface area contributed by atoms with Crippen molar-refractivity contribution in [1.82, 2.24) is 25.3 Å². The molecule has 0 fully saturated rings. The maximum absolute atomic E-state index is 14.3. The van der Waals surface area contributed by atoms with Gasteiger partial charge in [0.05, 0.1) is 5.52 Å². The number of aromatic nitrogens is 4. The summed E-state index contributed by atoms with van der Waals surface area (Å²) in [5.41, 5.74) is 4.58. The van der Waals surface area contributed by atoms with Gasteiger partial charge in [-0.05, 0) is 42.8 Å². The first-order valence-electron chi connectivity index (χ1n) is 13.6. The van der Waals surface area contributed by atoms with Crippen LogP contribution in [-0.4, -0.2) is 37.6 Å². The Morgan fingerprint density at radius 3 is 2.50 bits per heavy atom. The van der Waals surface area contributed by atoms with Gasteiger partial charge in [-0.3, -0.25) is 19.3 Å². The first-order valence-corrected chi connectivity index (χ1v) is 13.6. The molecule has 0 saturated carbocycles. The van der Waals surface area contributed by atoms with Crippen LogP contribution in [0.15, 0.2) is 109 Å². The highest BCUT2D eigenvalue weighted by Gasteiger charge is 2.35. The van der Waals surface area contributed by atoms with E-state index >= 15 is 0 Å². The van der Waals surface area contributed by atoms with Gasteiger partial charge >= 0.3 is 0 Å². The number of nitrogens with one attached hydrogen (secondary N) is 2. The first kappa shape index (κ1) is 26.6. The highest BCUT2D eigenvalue weighted by Crippen LogP contribution is 2.33. The van der Waals surface area contributed by atoms with Crippen molar-refractivity contribution in [3.8, 4) is 0 Å². The van der Waals surface area contributed by atoms with Gasteiger partial charge in [0, 0.05) is 40.5 Å². The van der Waals surface area contributed by atoms with Gasteiger partial charge < -0.3 is 10.3 Å². The average Bonchev–Trinajstić information content (AvgIpc) is 3.63. The number of anilines is 1. The lowest BCUT2D eigenvalue weighted by Crippen LogP contribution is -2.45. The molecule has 2 N–H and O–H groups in total. The van der Waals surface area contributed by atoms with E-state index in [1.54, 1.807) is 30.5 Å². The Morgan fingerprint density at radius 2 is 1.67 bits per heavy atom. The molecule has 6 aromatic rings. The number of fused-ring (bicyclic) bond motifs is 2. The van der Waals surface area contributed by atoms with E-state index in [9.17, 15) is 14.4 Å². The second kappa shape index (κ2) is 11.5.